The van der Waals surface area contributed by atoms with Gasteiger partial charge in [0, 0.05) is 43.2 Å². The van der Waals surface area contributed by atoms with Gasteiger partial charge in [0.2, 0.25) is 17.7 Å². The molecule has 6 nitrogen and oxygen atoms in total. The van der Waals surface area contributed by atoms with Crippen molar-refractivity contribution < 1.29 is 14.4 Å². The van der Waals surface area contributed by atoms with E-state index in [4.69, 9.17) is 0 Å². The van der Waals surface area contributed by atoms with Gasteiger partial charge < -0.3 is 15.5 Å². The Hall–Kier alpha value is -2.37. The van der Waals surface area contributed by atoms with Crippen LogP contribution in [0.15, 0.2) is 24.3 Å². The molecule has 1 heterocycles. The van der Waals surface area contributed by atoms with Crippen LogP contribution in [-0.2, 0) is 14.4 Å². The van der Waals surface area contributed by atoms with Crippen LogP contribution in [-0.4, -0.2) is 35.7 Å². The maximum Gasteiger partial charge on any atom is 0.227 e. The normalized spacial score (nSPS) is 22.8. The molecule has 0 atom stereocenters. The molecule has 0 unspecified atom stereocenters. The molecular formula is C21H29N3O3. The molecule has 27 heavy (non-hydrogen) atoms. The maximum atomic E-state index is 12.6. The number of piperidine rings is 1. The van der Waals surface area contributed by atoms with Crippen LogP contribution in [0.4, 0.5) is 11.4 Å². The first kappa shape index (κ1) is 19.4. The summed E-state index contributed by atoms with van der Waals surface area (Å²) in [7, 11) is 0. The fraction of sp³-hybridized carbons (Fsp3) is 0.571. The molecule has 1 saturated carbocycles. The molecule has 1 saturated heterocycles. The Labute approximate surface area is 160 Å². The van der Waals surface area contributed by atoms with Crippen LogP contribution in [0, 0.1) is 11.8 Å². The number of likely N-dealkylation sites (tertiary alicyclic amines) is 1. The lowest BCUT2D eigenvalue weighted by atomic mass is 9.80. The first-order chi connectivity index (χ1) is 13.0. The van der Waals surface area contributed by atoms with Gasteiger partial charge in [-0.05, 0) is 63.1 Å². The fourth-order valence-corrected chi connectivity index (χ4v) is 4.10. The van der Waals surface area contributed by atoms with Crippen molar-refractivity contribution in [2.45, 2.75) is 51.9 Å². The van der Waals surface area contributed by atoms with Gasteiger partial charge in [-0.2, -0.15) is 0 Å². The van der Waals surface area contributed by atoms with Gasteiger partial charge in [-0.15, -0.1) is 0 Å². The fourth-order valence-electron chi connectivity index (χ4n) is 4.10. The molecule has 0 aromatic heterocycles. The molecule has 2 N–H and O–H groups in total. The smallest absolute Gasteiger partial charge is 0.227 e. The second kappa shape index (κ2) is 9.02. The number of rotatable bonds is 4. The number of nitrogens with zero attached hydrogens (tertiary/aromatic N) is 1. The van der Waals surface area contributed by atoms with Crippen LogP contribution in [0.5, 0.6) is 0 Å². The summed E-state index contributed by atoms with van der Waals surface area (Å²) in [6.07, 6.45) is 6.53. The molecular weight excluding hydrogens is 342 g/mol. The number of anilines is 2. The van der Waals surface area contributed by atoms with Gasteiger partial charge in [-0.1, -0.05) is 6.07 Å². The van der Waals surface area contributed by atoms with E-state index < -0.39 is 0 Å². The topological polar surface area (TPSA) is 78.5 Å². The highest BCUT2D eigenvalue weighted by atomic mass is 16.2. The standard InChI is InChI=1S/C21H29N3O3/c1-15(25)22-18-6-5-7-19(14-18)23-20(26)16-8-10-17(11-9-16)21(27)24-12-3-2-4-13-24/h5-7,14,16-17H,2-4,8-13H2,1H3,(H,22,25)(H,23,26). The quantitative estimate of drug-likeness (QED) is 0.851. The minimum Gasteiger partial charge on any atom is -0.342 e. The van der Waals surface area contributed by atoms with E-state index in [0.717, 1.165) is 51.6 Å². The number of amides is 3. The molecule has 0 radical (unpaired) electrons. The third kappa shape index (κ3) is 5.31. The van der Waals surface area contributed by atoms with Crippen molar-refractivity contribution in [2.75, 3.05) is 23.7 Å². The summed E-state index contributed by atoms with van der Waals surface area (Å²) in [6, 6.07) is 7.16. The first-order valence-electron chi connectivity index (χ1n) is 10.0. The molecule has 0 spiro atoms. The van der Waals surface area contributed by atoms with Crippen molar-refractivity contribution in [1.82, 2.24) is 4.90 Å². The van der Waals surface area contributed by atoms with Crippen molar-refractivity contribution in [3.63, 3.8) is 0 Å². The van der Waals surface area contributed by atoms with Crippen molar-refractivity contribution in [3.05, 3.63) is 24.3 Å². The second-order valence-electron chi connectivity index (χ2n) is 7.69. The van der Waals surface area contributed by atoms with Gasteiger partial charge in [-0.25, -0.2) is 0 Å². The van der Waals surface area contributed by atoms with Gasteiger partial charge in [0.25, 0.3) is 0 Å². The van der Waals surface area contributed by atoms with Crippen LogP contribution in [0.2, 0.25) is 0 Å². The molecule has 6 heteroatoms. The molecule has 1 aromatic rings. The lowest BCUT2D eigenvalue weighted by molar-refractivity contribution is -0.138. The van der Waals surface area contributed by atoms with Crippen molar-refractivity contribution in [3.8, 4) is 0 Å². The highest BCUT2D eigenvalue weighted by Crippen LogP contribution is 2.31. The van der Waals surface area contributed by atoms with Gasteiger partial charge >= 0.3 is 0 Å². The Morgan fingerprint density at radius 2 is 1.48 bits per heavy atom. The third-order valence-corrected chi connectivity index (χ3v) is 5.57. The summed E-state index contributed by atoms with van der Waals surface area (Å²) in [5.41, 5.74) is 1.34. The molecule has 3 amide bonds. The first-order valence-corrected chi connectivity index (χ1v) is 10.0. The van der Waals surface area contributed by atoms with Gasteiger partial charge in [-0.3, -0.25) is 14.4 Å². The summed E-state index contributed by atoms with van der Waals surface area (Å²) < 4.78 is 0. The molecule has 1 aliphatic heterocycles. The van der Waals surface area contributed by atoms with Crippen molar-refractivity contribution >= 4 is 29.1 Å². The lowest BCUT2D eigenvalue weighted by Crippen LogP contribution is -2.41. The summed E-state index contributed by atoms with van der Waals surface area (Å²) in [5, 5.41) is 5.66. The molecule has 2 fully saturated rings. The Balaban J connectivity index is 1.49. The van der Waals surface area contributed by atoms with E-state index in [1.54, 1.807) is 18.2 Å². The number of carbonyl (C=O) groups excluding carboxylic acids is 3. The second-order valence-corrected chi connectivity index (χ2v) is 7.69. The van der Waals surface area contributed by atoms with E-state index >= 15 is 0 Å². The highest BCUT2D eigenvalue weighted by molar-refractivity contribution is 5.94. The molecule has 2 aliphatic rings. The number of carbonyl (C=O) groups is 3. The zero-order valence-corrected chi connectivity index (χ0v) is 16.0. The third-order valence-electron chi connectivity index (χ3n) is 5.57. The van der Waals surface area contributed by atoms with Crippen molar-refractivity contribution in [2.24, 2.45) is 11.8 Å². The Bertz CT molecular complexity index is 690. The van der Waals surface area contributed by atoms with Crippen LogP contribution >= 0.6 is 0 Å². The van der Waals surface area contributed by atoms with Crippen LogP contribution in [0.25, 0.3) is 0 Å². The monoisotopic (exact) mass is 371 g/mol. The number of benzene rings is 1. The Morgan fingerprint density at radius 1 is 0.889 bits per heavy atom. The minimum atomic E-state index is -0.143. The summed E-state index contributed by atoms with van der Waals surface area (Å²) >= 11 is 0. The minimum absolute atomic E-state index is 0.00107. The molecule has 3 rings (SSSR count). The average Bonchev–Trinajstić information content (AvgIpc) is 2.68. The van der Waals surface area contributed by atoms with E-state index in [0.29, 0.717) is 11.4 Å². The SMILES string of the molecule is CC(=O)Nc1cccc(NC(=O)C2CCC(C(=O)N3CCCCC3)CC2)c1. The Kier molecular flexibility index (Phi) is 6.48. The molecule has 0 bridgehead atoms. The van der Waals surface area contributed by atoms with Crippen molar-refractivity contribution in [1.29, 1.82) is 0 Å². The summed E-state index contributed by atoms with van der Waals surface area (Å²) in [6.45, 7) is 3.24. The van der Waals surface area contributed by atoms with E-state index in [-0.39, 0.29) is 29.6 Å². The van der Waals surface area contributed by atoms with E-state index in [1.807, 2.05) is 11.0 Å². The largest absolute Gasteiger partial charge is 0.342 e. The van der Waals surface area contributed by atoms with E-state index in [9.17, 15) is 14.4 Å². The number of nitrogens with one attached hydrogen (secondary N) is 2. The van der Waals surface area contributed by atoms with Crippen LogP contribution in [0.1, 0.15) is 51.9 Å². The predicted octanol–water partition coefficient (Wildman–Crippen LogP) is 3.40. The summed E-state index contributed by atoms with van der Waals surface area (Å²) in [5.74, 6) is 0.167. The van der Waals surface area contributed by atoms with E-state index in [1.165, 1.54) is 13.3 Å². The highest BCUT2D eigenvalue weighted by Gasteiger charge is 2.32. The number of hydrogen-bond acceptors (Lipinski definition) is 3. The zero-order valence-electron chi connectivity index (χ0n) is 16.0. The lowest BCUT2D eigenvalue weighted by Gasteiger charge is -2.33. The number of hydrogen-bond donors (Lipinski definition) is 2. The van der Waals surface area contributed by atoms with Crippen LogP contribution < -0.4 is 10.6 Å². The van der Waals surface area contributed by atoms with Crippen LogP contribution in [0.3, 0.4) is 0 Å². The van der Waals surface area contributed by atoms with E-state index in [2.05, 4.69) is 10.6 Å². The molecule has 1 aromatic carbocycles. The van der Waals surface area contributed by atoms with Gasteiger partial charge in [0.1, 0.15) is 0 Å². The van der Waals surface area contributed by atoms with Gasteiger partial charge in [0.15, 0.2) is 0 Å². The zero-order chi connectivity index (χ0) is 19.2. The predicted molar refractivity (Wildman–Crippen MR) is 105 cm³/mol. The average molecular weight is 371 g/mol. The molecule has 1 aliphatic carbocycles. The Morgan fingerprint density at radius 3 is 2.11 bits per heavy atom. The maximum absolute atomic E-state index is 12.6. The molecule has 146 valence electrons. The summed E-state index contributed by atoms with van der Waals surface area (Å²) in [4.78, 5) is 38.4. The van der Waals surface area contributed by atoms with Gasteiger partial charge in [0.05, 0.1) is 0 Å².